The largest absolute Gasteiger partial charge is 0.330 e. The Morgan fingerprint density at radius 2 is 2.11 bits per heavy atom. The lowest BCUT2D eigenvalue weighted by Crippen LogP contribution is -2.66. The van der Waals surface area contributed by atoms with E-state index in [2.05, 4.69) is 41.4 Å². The van der Waals surface area contributed by atoms with Crippen LogP contribution in [0.4, 0.5) is 0 Å². The van der Waals surface area contributed by atoms with Gasteiger partial charge < -0.3 is 10.2 Å². The van der Waals surface area contributed by atoms with Gasteiger partial charge in [0, 0.05) is 12.1 Å². The minimum Gasteiger partial charge on any atom is -0.330 e. The summed E-state index contributed by atoms with van der Waals surface area (Å²) in [6.07, 6.45) is 4.37. The Hall–Kier alpha value is -1.35. The second kappa shape index (κ2) is 4.07. The third-order valence-electron chi connectivity index (χ3n) is 5.02. The molecule has 0 saturated carbocycles. The molecule has 2 fully saturated rings. The molecule has 19 heavy (non-hydrogen) atoms. The molecule has 1 aromatic carbocycles. The standard InChI is InChI=1S/C16H20N2O/c1-10-9-11-5-2-3-6-12(11)15-13-7-4-8-14(17-13)16(19)18(10)15/h2-3,5-6,10,13-15,17H,4,7-9H2,1H3/t10-,13?,14-,15+/m0/s1. The Balaban J connectivity index is 1.83. The second-order valence-corrected chi connectivity index (χ2v) is 6.20. The number of hydrogen-bond donors (Lipinski definition) is 1. The first kappa shape index (κ1) is 11.5. The smallest absolute Gasteiger partial charge is 0.240 e. The van der Waals surface area contributed by atoms with Crippen molar-refractivity contribution in [3.63, 3.8) is 0 Å². The van der Waals surface area contributed by atoms with Gasteiger partial charge in [0.25, 0.3) is 0 Å². The van der Waals surface area contributed by atoms with E-state index in [4.69, 9.17) is 0 Å². The highest BCUT2D eigenvalue weighted by atomic mass is 16.2. The van der Waals surface area contributed by atoms with Gasteiger partial charge in [-0.15, -0.1) is 0 Å². The lowest BCUT2D eigenvalue weighted by atomic mass is 9.78. The summed E-state index contributed by atoms with van der Waals surface area (Å²) in [5.74, 6) is 0.322. The lowest BCUT2D eigenvalue weighted by molar-refractivity contribution is -0.146. The predicted octanol–water partition coefficient (Wildman–Crippen LogP) is 2.03. The molecule has 3 nitrogen and oxygen atoms in total. The van der Waals surface area contributed by atoms with E-state index in [9.17, 15) is 4.79 Å². The predicted molar refractivity (Wildman–Crippen MR) is 73.8 cm³/mol. The van der Waals surface area contributed by atoms with Crippen LogP contribution in [0.3, 0.4) is 0 Å². The van der Waals surface area contributed by atoms with E-state index < -0.39 is 0 Å². The Kier molecular flexibility index (Phi) is 2.46. The fraction of sp³-hybridized carbons (Fsp3) is 0.562. The number of rotatable bonds is 0. The second-order valence-electron chi connectivity index (χ2n) is 6.20. The zero-order chi connectivity index (χ0) is 13.0. The van der Waals surface area contributed by atoms with Crippen LogP contribution in [0, 0.1) is 0 Å². The van der Waals surface area contributed by atoms with Crippen molar-refractivity contribution >= 4 is 5.91 Å². The van der Waals surface area contributed by atoms with E-state index in [1.807, 2.05) is 0 Å². The molecule has 2 saturated heterocycles. The molecule has 3 aliphatic rings. The van der Waals surface area contributed by atoms with E-state index in [0.29, 0.717) is 18.0 Å². The van der Waals surface area contributed by atoms with Gasteiger partial charge in [-0.2, -0.15) is 0 Å². The summed E-state index contributed by atoms with van der Waals surface area (Å²) in [6, 6.07) is 9.76. The van der Waals surface area contributed by atoms with Crippen molar-refractivity contribution in [1.29, 1.82) is 0 Å². The molecular formula is C16H20N2O. The van der Waals surface area contributed by atoms with E-state index >= 15 is 0 Å². The number of amides is 1. The maximum Gasteiger partial charge on any atom is 0.240 e. The zero-order valence-corrected chi connectivity index (χ0v) is 11.3. The van der Waals surface area contributed by atoms with E-state index in [-0.39, 0.29) is 12.1 Å². The van der Waals surface area contributed by atoms with Crippen LogP contribution in [0.25, 0.3) is 0 Å². The maximum atomic E-state index is 12.7. The molecule has 0 spiro atoms. The number of nitrogens with one attached hydrogen (secondary N) is 1. The number of piperidine rings is 1. The number of piperazine rings is 1. The summed E-state index contributed by atoms with van der Waals surface area (Å²) in [5, 5.41) is 3.57. The molecule has 4 atom stereocenters. The Morgan fingerprint density at radius 1 is 1.26 bits per heavy atom. The summed E-state index contributed by atoms with van der Waals surface area (Å²) in [6.45, 7) is 2.20. The van der Waals surface area contributed by atoms with Gasteiger partial charge in [0.1, 0.15) is 0 Å². The Labute approximate surface area is 114 Å². The monoisotopic (exact) mass is 256 g/mol. The maximum absolute atomic E-state index is 12.7. The molecule has 2 bridgehead atoms. The third-order valence-corrected chi connectivity index (χ3v) is 5.02. The number of benzene rings is 1. The summed E-state index contributed by atoms with van der Waals surface area (Å²) >= 11 is 0. The van der Waals surface area contributed by atoms with Crippen LogP contribution < -0.4 is 5.32 Å². The van der Waals surface area contributed by atoms with Crippen molar-refractivity contribution in [3.8, 4) is 0 Å². The molecule has 3 aliphatic heterocycles. The van der Waals surface area contributed by atoms with Gasteiger partial charge in [0.05, 0.1) is 12.1 Å². The summed E-state index contributed by atoms with van der Waals surface area (Å²) in [4.78, 5) is 14.8. The van der Waals surface area contributed by atoms with Crippen LogP contribution in [0.1, 0.15) is 43.4 Å². The van der Waals surface area contributed by atoms with Gasteiger partial charge in [0.15, 0.2) is 0 Å². The first-order chi connectivity index (χ1) is 9.25. The minimum absolute atomic E-state index is 0.0720. The quantitative estimate of drug-likeness (QED) is 0.770. The highest BCUT2D eigenvalue weighted by molar-refractivity contribution is 5.84. The zero-order valence-electron chi connectivity index (χ0n) is 11.3. The normalized spacial score (nSPS) is 36.7. The number of nitrogens with zero attached hydrogens (tertiary/aromatic N) is 1. The van der Waals surface area contributed by atoms with Gasteiger partial charge >= 0.3 is 0 Å². The molecular weight excluding hydrogens is 236 g/mol. The van der Waals surface area contributed by atoms with Crippen LogP contribution in [-0.4, -0.2) is 28.9 Å². The van der Waals surface area contributed by atoms with Crippen LogP contribution in [0.15, 0.2) is 24.3 Å². The van der Waals surface area contributed by atoms with Crippen LogP contribution in [0.2, 0.25) is 0 Å². The van der Waals surface area contributed by atoms with Gasteiger partial charge in [0.2, 0.25) is 5.91 Å². The topological polar surface area (TPSA) is 32.3 Å². The molecule has 3 heterocycles. The highest BCUT2D eigenvalue weighted by Gasteiger charge is 2.47. The first-order valence-electron chi connectivity index (χ1n) is 7.42. The molecule has 3 heteroatoms. The Morgan fingerprint density at radius 3 is 3.00 bits per heavy atom. The molecule has 1 N–H and O–H groups in total. The van der Waals surface area contributed by atoms with Crippen molar-refractivity contribution in [2.24, 2.45) is 0 Å². The number of fused-ring (bicyclic) bond motifs is 6. The summed E-state index contributed by atoms with van der Waals surface area (Å²) in [5.41, 5.74) is 2.79. The minimum atomic E-state index is 0.0720. The van der Waals surface area contributed by atoms with Gasteiger partial charge in [-0.3, -0.25) is 4.79 Å². The molecule has 0 aromatic heterocycles. The first-order valence-corrected chi connectivity index (χ1v) is 7.42. The van der Waals surface area contributed by atoms with Crippen molar-refractivity contribution in [3.05, 3.63) is 35.4 Å². The molecule has 100 valence electrons. The van der Waals surface area contributed by atoms with Gasteiger partial charge in [-0.1, -0.05) is 24.3 Å². The molecule has 0 aliphatic carbocycles. The summed E-state index contributed by atoms with van der Waals surface area (Å²) < 4.78 is 0. The number of carbonyl (C=O) groups excluding carboxylic acids is 1. The van der Waals surface area contributed by atoms with E-state index in [0.717, 1.165) is 12.8 Å². The van der Waals surface area contributed by atoms with Crippen molar-refractivity contribution < 1.29 is 4.79 Å². The van der Waals surface area contributed by atoms with Gasteiger partial charge in [-0.05, 0) is 43.7 Å². The fourth-order valence-electron chi connectivity index (χ4n) is 4.20. The summed E-state index contributed by atoms with van der Waals surface area (Å²) in [7, 11) is 0. The van der Waals surface area contributed by atoms with Gasteiger partial charge in [-0.25, -0.2) is 0 Å². The number of carbonyl (C=O) groups is 1. The van der Waals surface area contributed by atoms with E-state index in [1.54, 1.807) is 0 Å². The molecule has 1 aromatic rings. The number of hydrogen-bond acceptors (Lipinski definition) is 2. The van der Waals surface area contributed by atoms with Crippen molar-refractivity contribution in [1.82, 2.24) is 10.2 Å². The molecule has 1 unspecified atom stereocenters. The van der Waals surface area contributed by atoms with Crippen LogP contribution in [-0.2, 0) is 11.2 Å². The van der Waals surface area contributed by atoms with Crippen LogP contribution in [0.5, 0.6) is 0 Å². The fourth-order valence-corrected chi connectivity index (χ4v) is 4.20. The average molecular weight is 256 g/mol. The third kappa shape index (κ3) is 1.57. The van der Waals surface area contributed by atoms with E-state index in [1.165, 1.54) is 24.0 Å². The van der Waals surface area contributed by atoms with Crippen LogP contribution >= 0.6 is 0 Å². The SMILES string of the molecule is C[C@H]1Cc2ccccc2[C@@H]2C3CCC[C@H](N3)C(=O)N21. The highest BCUT2D eigenvalue weighted by Crippen LogP contribution is 2.41. The molecule has 0 radical (unpaired) electrons. The Bertz CT molecular complexity index is 527. The van der Waals surface area contributed by atoms with Crippen molar-refractivity contribution in [2.75, 3.05) is 0 Å². The molecule has 4 rings (SSSR count). The lowest BCUT2D eigenvalue weighted by Gasteiger charge is -2.53. The van der Waals surface area contributed by atoms with Crippen molar-refractivity contribution in [2.45, 2.75) is 56.8 Å². The average Bonchev–Trinajstić information content (AvgIpc) is 2.44. The molecule has 1 amide bonds.